The van der Waals surface area contributed by atoms with Crippen LogP contribution in [0.15, 0.2) is 30.3 Å². The molecule has 0 saturated heterocycles. The van der Waals surface area contributed by atoms with E-state index in [1.165, 1.54) is 5.56 Å². The first-order chi connectivity index (χ1) is 8.86. The minimum Gasteiger partial charge on any atom is -0.383 e. The van der Waals surface area contributed by atoms with E-state index >= 15 is 0 Å². The third-order valence-electron chi connectivity index (χ3n) is 2.78. The lowest BCUT2D eigenvalue weighted by atomic mass is 10.1. The summed E-state index contributed by atoms with van der Waals surface area (Å²) in [6.07, 6.45) is 2.15. The second-order valence-corrected chi connectivity index (χ2v) is 4.37. The normalized spacial score (nSPS) is 12.6. The monoisotopic (exact) mass is 251 g/mol. The predicted octanol–water partition coefficient (Wildman–Crippen LogP) is 2.26. The Bertz CT molecular complexity index is 284. The summed E-state index contributed by atoms with van der Waals surface area (Å²) < 4.78 is 10.8. The van der Waals surface area contributed by atoms with Gasteiger partial charge >= 0.3 is 0 Å². The van der Waals surface area contributed by atoms with Gasteiger partial charge in [0.25, 0.3) is 0 Å². The van der Waals surface area contributed by atoms with Crippen molar-refractivity contribution in [3.05, 3.63) is 35.9 Å². The molecular weight excluding hydrogens is 226 g/mol. The SMILES string of the molecule is CCNC(COC)COCCCc1ccccc1. The first kappa shape index (κ1) is 15.2. The Kier molecular flexibility index (Phi) is 8.47. The van der Waals surface area contributed by atoms with Crippen LogP contribution in [0.25, 0.3) is 0 Å². The van der Waals surface area contributed by atoms with Gasteiger partial charge in [-0.3, -0.25) is 0 Å². The summed E-state index contributed by atoms with van der Waals surface area (Å²) in [4.78, 5) is 0. The fourth-order valence-corrected chi connectivity index (χ4v) is 1.90. The van der Waals surface area contributed by atoms with Gasteiger partial charge in [-0.05, 0) is 24.9 Å². The molecule has 0 heterocycles. The zero-order valence-electron chi connectivity index (χ0n) is 11.5. The van der Waals surface area contributed by atoms with E-state index in [1.807, 2.05) is 6.07 Å². The molecule has 0 amide bonds. The number of ether oxygens (including phenoxy) is 2. The van der Waals surface area contributed by atoms with Crippen molar-refractivity contribution in [2.45, 2.75) is 25.8 Å². The number of aryl methyl sites for hydroxylation is 1. The highest BCUT2D eigenvalue weighted by molar-refractivity contribution is 5.14. The van der Waals surface area contributed by atoms with Crippen molar-refractivity contribution in [1.82, 2.24) is 5.32 Å². The Labute approximate surface area is 110 Å². The second kappa shape index (κ2) is 10.1. The number of methoxy groups -OCH3 is 1. The zero-order valence-corrected chi connectivity index (χ0v) is 11.5. The maximum Gasteiger partial charge on any atom is 0.0642 e. The Morgan fingerprint density at radius 1 is 1.17 bits per heavy atom. The van der Waals surface area contributed by atoms with E-state index in [1.54, 1.807) is 7.11 Å². The van der Waals surface area contributed by atoms with Crippen LogP contribution in [0.4, 0.5) is 0 Å². The van der Waals surface area contributed by atoms with Gasteiger partial charge in [0.2, 0.25) is 0 Å². The molecule has 0 saturated carbocycles. The minimum atomic E-state index is 0.303. The van der Waals surface area contributed by atoms with E-state index in [2.05, 4.69) is 36.5 Å². The molecule has 1 N–H and O–H groups in total. The van der Waals surface area contributed by atoms with E-state index in [4.69, 9.17) is 9.47 Å². The van der Waals surface area contributed by atoms with E-state index in [0.717, 1.165) is 32.6 Å². The predicted molar refractivity (Wildman–Crippen MR) is 74.9 cm³/mol. The van der Waals surface area contributed by atoms with Crippen LogP contribution in [-0.4, -0.2) is 39.5 Å². The molecule has 1 aromatic carbocycles. The number of nitrogens with one attached hydrogen (secondary N) is 1. The lowest BCUT2D eigenvalue weighted by Gasteiger charge is -2.16. The van der Waals surface area contributed by atoms with Crippen molar-refractivity contribution in [1.29, 1.82) is 0 Å². The highest BCUT2D eigenvalue weighted by Gasteiger charge is 2.06. The van der Waals surface area contributed by atoms with Gasteiger partial charge in [0, 0.05) is 13.7 Å². The maximum absolute atomic E-state index is 5.68. The van der Waals surface area contributed by atoms with E-state index in [9.17, 15) is 0 Å². The molecule has 3 nitrogen and oxygen atoms in total. The van der Waals surface area contributed by atoms with Crippen LogP contribution in [-0.2, 0) is 15.9 Å². The summed E-state index contributed by atoms with van der Waals surface area (Å²) in [5, 5.41) is 3.34. The summed E-state index contributed by atoms with van der Waals surface area (Å²) in [5.41, 5.74) is 1.38. The van der Waals surface area contributed by atoms with Crippen molar-refractivity contribution in [2.24, 2.45) is 0 Å². The largest absolute Gasteiger partial charge is 0.383 e. The van der Waals surface area contributed by atoms with Crippen LogP contribution in [0.3, 0.4) is 0 Å². The van der Waals surface area contributed by atoms with Crippen molar-refractivity contribution in [3.8, 4) is 0 Å². The molecule has 1 unspecified atom stereocenters. The minimum absolute atomic E-state index is 0.303. The lowest BCUT2D eigenvalue weighted by molar-refractivity contribution is 0.0738. The zero-order chi connectivity index (χ0) is 13.1. The molecular formula is C15H25NO2. The average molecular weight is 251 g/mol. The molecule has 1 atom stereocenters. The molecule has 0 bridgehead atoms. The van der Waals surface area contributed by atoms with Crippen LogP contribution in [0.2, 0.25) is 0 Å². The molecule has 1 aromatic rings. The van der Waals surface area contributed by atoms with Crippen LogP contribution in [0.1, 0.15) is 18.9 Å². The van der Waals surface area contributed by atoms with Gasteiger partial charge in [-0.25, -0.2) is 0 Å². The Morgan fingerprint density at radius 3 is 2.61 bits per heavy atom. The quantitative estimate of drug-likeness (QED) is 0.647. The third kappa shape index (κ3) is 6.74. The molecule has 3 heteroatoms. The maximum atomic E-state index is 5.68. The molecule has 0 fully saturated rings. The summed E-state index contributed by atoms with van der Waals surface area (Å²) >= 11 is 0. The number of hydrogen-bond acceptors (Lipinski definition) is 3. The van der Waals surface area contributed by atoms with E-state index in [0.29, 0.717) is 12.6 Å². The Balaban J connectivity index is 2.06. The molecule has 0 aromatic heterocycles. The summed E-state index contributed by atoms with van der Waals surface area (Å²) in [5.74, 6) is 0. The van der Waals surface area contributed by atoms with Gasteiger partial charge in [-0.1, -0.05) is 37.3 Å². The fraction of sp³-hybridized carbons (Fsp3) is 0.600. The van der Waals surface area contributed by atoms with Gasteiger partial charge in [-0.15, -0.1) is 0 Å². The van der Waals surface area contributed by atoms with Gasteiger partial charge in [0.15, 0.2) is 0 Å². The molecule has 0 radical (unpaired) electrons. The Morgan fingerprint density at radius 2 is 1.94 bits per heavy atom. The smallest absolute Gasteiger partial charge is 0.0642 e. The first-order valence-electron chi connectivity index (χ1n) is 6.70. The molecule has 0 aliphatic carbocycles. The van der Waals surface area contributed by atoms with E-state index < -0.39 is 0 Å². The third-order valence-corrected chi connectivity index (χ3v) is 2.78. The lowest BCUT2D eigenvalue weighted by Crippen LogP contribution is -2.37. The average Bonchev–Trinajstić information content (AvgIpc) is 2.40. The standard InChI is InChI=1S/C15H25NO2/c1-3-16-15(12-17-2)13-18-11-7-10-14-8-5-4-6-9-14/h4-6,8-9,15-16H,3,7,10-13H2,1-2H3. The Hall–Kier alpha value is -0.900. The summed E-state index contributed by atoms with van der Waals surface area (Å²) in [6, 6.07) is 10.8. The van der Waals surface area contributed by atoms with Crippen LogP contribution in [0, 0.1) is 0 Å². The summed E-state index contributed by atoms with van der Waals surface area (Å²) in [7, 11) is 1.72. The van der Waals surface area contributed by atoms with Gasteiger partial charge in [0.1, 0.15) is 0 Å². The molecule has 0 spiro atoms. The van der Waals surface area contributed by atoms with E-state index in [-0.39, 0.29) is 0 Å². The highest BCUT2D eigenvalue weighted by Crippen LogP contribution is 2.02. The van der Waals surface area contributed by atoms with Gasteiger partial charge in [-0.2, -0.15) is 0 Å². The van der Waals surface area contributed by atoms with Crippen molar-refractivity contribution >= 4 is 0 Å². The number of rotatable bonds is 10. The van der Waals surface area contributed by atoms with Crippen molar-refractivity contribution in [3.63, 3.8) is 0 Å². The number of hydrogen-bond donors (Lipinski definition) is 1. The van der Waals surface area contributed by atoms with Crippen LogP contribution >= 0.6 is 0 Å². The number of likely N-dealkylation sites (N-methyl/N-ethyl adjacent to an activating group) is 1. The van der Waals surface area contributed by atoms with Gasteiger partial charge in [0.05, 0.1) is 19.3 Å². The fourth-order valence-electron chi connectivity index (χ4n) is 1.90. The van der Waals surface area contributed by atoms with Crippen molar-refractivity contribution in [2.75, 3.05) is 33.5 Å². The molecule has 0 aliphatic rings. The van der Waals surface area contributed by atoms with Crippen LogP contribution in [0.5, 0.6) is 0 Å². The molecule has 0 aliphatic heterocycles. The van der Waals surface area contributed by atoms with Crippen molar-refractivity contribution < 1.29 is 9.47 Å². The number of benzene rings is 1. The topological polar surface area (TPSA) is 30.5 Å². The molecule has 1 rings (SSSR count). The van der Waals surface area contributed by atoms with Crippen LogP contribution < -0.4 is 5.32 Å². The van der Waals surface area contributed by atoms with Gasteiger partial charge < -0.3 is 14.8 Å². The highest BCUT2D eigenvalue weighted by atomic mass is 16.5. The first-order valence-corrected chi connectivity index (χ1v) is 6.70. The molecule has 102 valence electrons. The second-order valence-electron chi connectivity index (χ2n) is 4.37. The molecule has 18 heavy (non-hydrogen) atoms. The summed E-state index contributed by atoms with van der Waals surface area (Å²) in [6.45, 7) is 5.27.